The van der Waals surface area contributed by atoms with Gasteiger partial charge in [-0.1, -0.05) is 97.1 Å². The summed E-state index contributed by atoms with van der Waals surface area (Å²) in [5, 5.41) is 6.04. The number of anilines is 8. The molecule has 6 nitrogen and oxygen atoms in total. The number of nitrogens with zero attached hydrogens (tertiary/aromatic N) is 2. The predicted octanol–water partition coefficient (Wildman–Crippen LogP) is 12.8. The molecular weight excluding hydrogens is 689 g/mol. The van der Waals surface area contributed by atoms with Gasteiger partial charge in [0, 0.05) is 56.6 Å². The first-order valence-electron chi connectivity index (χ1n) is 18.4. The summed E-state index contributed by atoms with van der Waals surface area (Å²) >= 11 is 0. The van der Waals surface area contributed by atoms with Crippen LogP contribution in [0.2, 0.25) is 0 Å². The van der Waals surface area contributed by atoms with Gasteiger partial charge in [0.15, 0.2) is 0 Å². The Bertz CT molecular complexity index is 2250. The zero-order valence-corrected chi connectivity index (χ0v) is 30.5. The van der Waals surface area contributed by atoms with Gasteiger partial charge >= 0.3 is 0 Å². The Labute approximate surface area is 327 Å². The van der Waals surface area contributed by atoms with E-state index in [1.165, 1.54) is 0 Å². The second kappa shape index (κ2) is 16.5. The van der Waals surface area contributed by atoms with Gasteiger partial charge in [0.05, 0.1) is 0 Å². The molecule has 0 radical (unpaired) electrons. The highest BCUT2D eigenvalue weighted by Crippen LogP contribution is 2.36. The first-order chi connectivity index (χ1) is 27.6. The van der Waals surface area contributed by atoms with Crippen LogP contribution in [0.5, 0.6) is 0 Å². The smallest absolute Gasteiger partial charge is 0.255 e. The van der Waals surface area contributed by atoms with Gasteiger partial charge in [0.2, 0.25) is 0 Å². The largest absolute Gasteiger partial charge is 0.322 e. The van der Waals surface area contributed by atoms with E-state index >= 15 is 0 Å². The second-order valence-electron chi connectivity index (χ2n) is 13.2. The topological polar surface area (TPSA) is 64.7 Å². The lowest BCUT2D eigenvalue weighted by Crippen LogP contribution is -2.13. The Morgan fingerprint density at radius 1 is 0.286 bits per heavy atom. The van der Waals surface area contributed by atoms with E-state index in [0.717, 1.165) is 45.3 Å². The Morgan fingerprint density at radius 2 is 0.536 bits per heavy atom. The third-order valence-corrected chi connectivity index (χ3v) is 9.45. The van der Waals surface area contributed by atoms with E-state index in [1.807, 2.05) is 170 Å². The molecule has 270 valence electrons. The van der Waals surface area contributed by atoms with Crippen LogP contribution >= 0.6 is 0 Å². The number of benzene rings is 8. The summed E-state index contributed by atoms with van der Waals surface area (Å²) in [7, 11) is 0. The first kappa shape index (κ1) is 35.3. The Kier molecular flexibility index (Phi) is 10.4. The van der Waals surface area contributed by atoms with E-state index in [1.54, 1.807) is 0 Å². The number of rotatable bonds is 11. The van der Waals surface area contributed by atoms with Crippen molar-refractivity contribution in [1.29, 1.82) is 0 Å². The normalized spacial score (nSPS) is 10.6. The van der Waals surface area contributed by atoms with Crippen molar-refractivity contribution in [1.82, 2.24) is 0 Å². The third-order valence-electron chi connectivity index (χ3n) is 9.45. The van der Waals surface area contributed by atoms with Crippen LogP contribution in [0.1, 0.15) is 20.7 Å². The standard InChI is InChI=1S/C50H38N4O2/c55-49(51-41-29-33-47(34-30-41)53(43-13-5-1-6-14-43)44-15-7-2-8-16-44)39-25-21-37(22-26-39)38-23-27-40(28-24-38)50(56)52-42-31-35-48(36-32-42)54(45-17-9-3-10-18-45)46-19-11-4-12-20-46/h1-36H,(H,51,55)(H,52,56). The van der Waals surface area contributed by atoms with E-state index in [-0.39, 0.29) is 11.8 Å². The number of carbonyl (C=O) groups excluding carboxylic acids is 2. The van der Waals surface area contributed by atoms with Gasteiger partial charge in [-0.05, 0) is 132 Å². The Morgan fingerprint density at radius 3 is 0.804 bits per heavy atom. The zero-order valence-electron chi connectivity index (χ0n) is 30.5. The molecule has 0 aliphatic rings. The SMILES string of the molecule is O=C(Nc1ccc(N(c2ccccc2)c2ccccc2)cc1)c1ccc(-c2ccc(C(=O)Nc3ccc(N(c4ccccc4)c4ccccc4)cc3)cc2)cc1. The summed E-state index contributed by atoms with van der Waals surface area (Å²) in [6.07, 6.45) is 0. The minimum absolute atomic E-state index is 0.194. The molecule has 2 amide bonds. The fraction of sp³-hybridized carbons (Fsp3) is 0. The minimum Gasteiger partial charge on any atom is -0.322 e. The van der Waals surface area contributed by atoms with Gasteiger partial charge in [-0.3, -0.25) is 9.59 Å². The van der Waals surface area contributed by atoms with Crippen LogP contribution in [0, 0.1) is 0 Å². The maximum Gasteiger partial charge on any atom is 0.255 e. The molecule has 0 unspecified atom stereocenters. The van der Waals surface area contributed by atoms with Crippen LogP contribution in [0.25, 0.3) is 11.1 Å². The van der Waals surface area contributed by atoms with E-state index < -0.39 is 0 Å². The van der Waals surface area contributed by atoms with Crippen molar-refractivity contribution in [3.05, 3.63) is 230 Å². The zero-order chi connectivity index (χ0) is 38.1. The van der Waals surface area contributed by atoms with Crippen LogP contribution in [0.3, 0.4) is 0 Å². The summed E-state index contributed by atoms with van der Waals surface area (Å²) in [6.45, 7) is 0. The van der Waals surface area contributed by atoms with Crippen molar-refractivity contribution in [2.45, 2.75) is 0 Å². The number of hydrogen-bond acceptors (Lipinski definition) is 4. The van der Waals surface area contributed by atoms with Crippen molar-refractivity contribution >= 4 is 57.3 Å². The van der Waals surface area contributed by atoms with Gasteiger partial charge in [0.25, 0.3) is 11.8 Å². The van der Waals surface area contributed by atoms with Crippen LogP contribution in [0.15, 0.2) is 218 Å². The van der Waals surface area contributed by atoms with Crippen LogP contribution in [0.4, 0.5) is 45.5 Å². The van der Waals surface area contributed by atoms with Gasteiger partial charge in [-0.15, -0.1) is 0 Å². The fourth-order valence-corrected chi connectivity index (χ4v) is 6.62. The molecule has 0 saturated heterocycles. The average Bonchev–Trinajstić information content (AvgIpc) is 3.27. The highest BCUT2D eigenvalue weighted by molar-refractivity contribution is 6.05. The molecule has 8 rings (SSSR count). The van der Waals surface area contributed by atoms with Gasteiger partial charge in [-0.25, -0.2) is 0 Å². The number of carbonyl (C=O) groups is 2. The van der Waals surface area contributed by atoms with Crippen molar-refractivity contribution in [3.63, 3.8) is 0 Å². The molecule has 0 spiro atoms. The monoisotopic (exact) mass is 726 g/mol. The van der Waals surface area contributed by atoms with Gasteiger partial charge in [0.1, 0.15) is 0 Å². The summed E-state index contributed by atoms with van der Waals surface area (Å²) in [4.78, 5) is 30.8. The predicted molar refractivity (Wildman–Crippen MR) is 230 cm³/mol. The number of hydrogen-bond donors (Lipinski definition) is 2. The molecule has 6 heteroatoms. The Balaban J connectivity index is 0.892. The highest BCUT2D eigenvalue weighted by atomic mass is 16.2. The highest BCUT2D eigenvalue weighted by Gasteiger charge is 2.15. The average molecular weight is 727 g/mol. The lowest BCUT2D eigenvalue weighted by molar-refractivity contribution is 0.101. The first-order valence-corrected chi connectivity index (χ1v) is 18.4. The summed E-state index contributed by atoms with van der Waals surface area (Å²) in [5.41, 5.74) is 10.5. The molecule has 8 aromatic carbocycles. The maximum atomic E-state index is 13.2. The van der Waals surface area contributed by atoms with E-state index in [2.05, 4.69) is 69.0 Å². The van der Waals surface area contributed by atoms with Crippen LogP contribution < -0.4 is 20.4 Å². The molecule has 0 bridgehead atoms. The molecule has 0 atom stereocenters. The number of amides is 2. The summed E-state index contributed by atoms with van der Waals surface area (Å²) in [6, 6.07) is 71.4. The molecule has 0 heterocycles. The van der Waals surface area contributed by atoms with E-state index in [0.29, 0.717) is 22.5 Å². The lowest BCUT2D eigenvalue weighted by atomic mass is 10.0. The summed E-state index contributed by atoms with van der Waals surface area (Å²) < 4.78 is 0. The van der Waals surface area contributed by atoms with E-state index in [9.17, 15) is 9.59 Å². The molecule has 0 aliphatic heterocycles. The number of para-hydroxylation sites is 4. The quantitative estimate of drug-likeness (QED) is 0.139. The van der Waals surface area contributed by atoms with Crippen LogP contribution in [-0.2, 0) is 0 Å². The lowest BCUT2D eigenvalue weighted by Gasteiger charge is -2.25. The fourth-order valence-electron chi connectivity index (χ4n) is 6.62. The van der Waals surface area contributed by atoms with Crippen molar-refractivity contribution in [2.24, 2.45) is 0 Å². The van der Waals surface area contributed by atoms with Gasteiger partial charge in [-0.2, -0.15) is 0 Å². The molecule has 56 heavy (non-hydrogen) atoms. The van der Waals surface area contributed by atoms with E-state index in [4.69, 9.17) is 0 Å². The second-order valence-corrected chi connectivity index (χ2v) is 13.2. The van der Waals surface area contributed by atoms with Crippen LogP contribution in [-0.4, -0.2) is 11.8 Å². The molecule has 2 N–H and O–H groups in total. The van der Waals surface area contributed by atoms with Gasteiger partial charge < -0.3 is 20.4 Å². The maximum absolute atomic E-state index is 13.2. The van der Waals surface area contributed by atoms with Crippen molar-refractivity contribution in [2.75, 3.05) is 20.4 Å². The number of nitrogens with one attached hydrogen (secondary N) is 2. The molecule has 0 fully saturated rings. The third kappa shape index (κ3) is 8.10. The molecule has 0 aliphatic carbocycles. The molecule has 8 aromatic rings. The Hall–Kier alpha value is -7.70. The molecule has 0 aromatic heterocycles. The van der Waals surface area contributed by atoms with Crippen molar-refractivity contribution in [3.8, 4) is 11.1 Å². The summed E-state index contributed by atoms with van der Waals surface area (Å²) in [5.74, 6) is -0.389. The minimum atomic E-state index is -0.194. The van der Waals surface area contributed by atoms with Crippen molar-refractivity contribution < 1.29 is 9.59 Å². The molecule has 0 saturated carbocycles. The molecular formula is C50H38N4O2.